The topological polar surface area (TPSA) is 81.9 Å². The van der Waals surface area contributed by atoms with Gasteiger partial charge in [-0.2, -0.15) is 0 Å². The Kier molecular flexibility index (Phi) is 5.48. The first kappa shape index (κ1) is 19.0. The van der Waals surface area contributed by atoms with Crippen molar-refractivity contribution in [2.75, 3.05) is 18.1 Å². The molecule has 1 amide bonds. The molecule has 0 N–H and O–H groups in total. The lowest BCUT2D eigenvalue weighted by atomic mass is 10.2. The van der Waals surface area contributed by atoms with Crippen LogP contribution in [0, 0.1) is 0 Å². The molecule has 0 bridgehead atoms. The summed E-state index contributed by atoms with van der Waals surface area (Å²) in [6, 6.07) is 14.2. The molecule has 1 aromatic heterocycles. The van der Waals surface area contributed by atoms with Gasteiger partial charge in [0, 0.05) is 10.6 Å². The van der Waals surface area contributed by atoms with Crippen molar-refractivity contribution in [3.05, 3.63) is 65.6 Å². The monoisotopic (exact) mass is 412 g/mol. The second-order valence-electron chi connectivity index (χ2n) is 6.33. The normalized spacial score (nSPS) is 13.4. The molecule has 148 valence electrons. The van der Waals surface area contributed by atoms with Gasteiger partial charge in [0.1, 0.15) is 12.3 Å². The highest BCUT2D eigenvalue weighted by atomic mass is 35.5. The number of fused-ring (bicyclic) bond motifs is 1. The summed E-state index contributed by atoms with van der Waals surface area (Å²) in [5.41, 5.74) is 1.36. The Morgan fingerprint density at radius 1 is 1.17 bits per heavy atom. The van der Waals surface area contributed by atoms with E-state index in [0.29, 0.717) is 22.2 Å². The number of esters is 1. The average Bonchev–Trinajstić information content (AvgIpc) is 3.14. The van der Waals surface area contributed by atoms with Crippen LogP contribution in [0.15, 0.2) is 59.1 Å². The average molecular weight is 413 g/mol. The lowest BCUT2D eigenvalue weighted by Gasteiger charge is -2.20. The molecule has 0 unspecified atom stereocenters. The first-order valence-electron chi connectivity index (χ1n) is 8.98. The Labute approximate surface area is 171 Å². The van der Waals surface area contributed by atoms with Crippen LogP contribution in [0.2, 0.25) is 5.02 Å². The van der Waals surface area contributed by atoms with Crippen LogP contribution < -0.4 is 9.64 Å². The highest BCUT2D eigenvalue weighted by molar-refractivity contribution is 6.30. The number of carbonyl (C=O) groups excluding carboxylic acids is 2. The van der Waals surface area contributed by atoms with Crippen LogP contribution in [-0.4, -0.2) is 30.0 Å². The number of oxazole rings is 1. The van der Waals surface area contributed by atoms with Crippen molar-refractivity contribution in [3.8, 4) is 17.1 Å². The number of benzene rings is 2. The largest absolute Gasteiger partial charge is 0.491 e. The third-order valence-corrected chi connectivity index (χ3v) is 4.61. The second-order valence-corrected chi connectivity index (χ2v) is 6.77. The summed E-state index contributed by atoms with van der Waals surface area (Å²) in [5, 5.41) is 0.623. The highest BCUT2D eigenvalue weighted by Crippen LogP contribution is 2.31. The van der Waals surface area contributed by atoms with E-state index in [1.165, 1.54) is 4.90 Å². The molecule has 0 radical (unpaired) electrons. The zero-order valence-electron chi connectivity index (χ0n) is 15.3. The Morgan fingerprint density at radius 3 is 2.79 bits per heavy atom. The van der Waals surface area contributed by atoms with Crippen LogP contribution in [0.3, 0.4) is 0 Å². The van der Waals surface area contributed by atoms with E-state index >= 15 is 0 Å². The number of anilines is 1. The quantitative estimate of drug-likeness (QED) is 0.592. The summed E-state index contributed by atoms with van der Waals surface area (Å²) in [6.45, 7) is -0.0816. The molecule has 29 heavy (non-hydrogen) atoms. The Balaban J connectivity index is 1.39. The third kappa shape index (κ3) is 4.41. The van der Waals surface area contributed by atoms with Crippen LogP contribution >= 0.6 is 11.6 Å². The van der Waals surface area contributed by atoms with Crippen LogP contribution in [0.25, 0.3) is 11.3 Å². The van der Waals surface area contributed by atoms with Gasteiger partial charge in [0.25, 0.3) is 0 Å². The molecular formula is C21H17ClN2O5. The molecule has 7 nitrogen and oxygen atoms in total. The van der Waals surface area contributed by atoms with Crippen LogP contribution in [0.1, 0.15) is 12.3 Å². The third-order valence-electron chi connectivity index (χ3n) is 4.36. The van der Waals surface area contributed by atoms with Gasteiger partial charge in [0.05, 0.1) is 24.9 Å². The fourth-order valence-corrected chi connectivity index (χ4v) is 3.06. The number of rotatable bonds is 5. The summed E-state index contributed by atoms with van der Waals surface area (Å²) < 4.78 is 16.4. The smallest absolute Gasteiger partial charge is 0.326 e. The lowest BCUT2D eigenvalue weighted by Crippen LogP contribution is -2.36. The highest BCUT2D eigenvalue weighted by Gasteiger charge is 2.25. The molecule has 0 atom stereocenters. The van der Waals surface area contributed by atoms with Crippen molar-refractivity contribution in [1.82, 2.24) is 4.98 Å². The van der Waals surface area contributed by atoms with Gasteiger partial charge in [0.15, 0.2) is 12.4 Å². The molecule has 3 aromatic rings. The molecule has 0 spiro atoms. The summed E-state index contributed by atoms with van der Waals surface area (Å²) in [4.78, 5) is 30.2. The van der Waals surface area contributed by atoms with Crippen LogP contribution in [-0.2, 0) is 20.9 Å². The van der Waals surface area contributed by atoms with Gasteiger partial charge in [-0.25, -0.2) is 4.98 Å². The molecule has 0 aliphatic carbocycles. The SMILES string of the molecule is O=C(CN1C(=O)CCOc2ccccc21)OCc1ncc(-c2ccc(Cl)cc2)o1. The Morgan fingerprint density at radius 2 is 1.97 bits per heavy atom. The van der Waals surface area contributed by atoms with E-state index in [2.05, 4.69) is 4.98 Å². The van der Waals surface area contributed by atoms with Crippen LogP contribution in [0.5, 0.6) is 5.75 Å². The fraction of sp³-hybridized carbons (Fsp3) is 0.190. The molecule has 1 aliphatic rings. The predicted molar refractivity (Wildman–Crippen MR) is 106 cm³/mol. The van der Waals surface area contributed by atoms with Crippen molar-refractivity contribution < 1.29 is 23.5 Å². The standard InChI is InChI=1S/C21H17ClN2O5/c22-15-7-5-14(6-8-15)18-11-23-19(29-18)13-28-21(26)12-24-16-3-1-2-4-17(16)27-10-9-20(24)25/h1-8,11H,9-10,12-13H2. The Bertz CT molecular complexity index is 1030. The molecule has 8 heteroatoms. The molecule has 1 aliphatic heterocycles. The van der Waals surface area contributed by atoms with E-state index in [9.17, 15) is 9.59 Å². The van der Waals surface area contributed by atoms with Gasteiger partial charge in [-0.3, -0.25) is 14.5 Å². The number of halogens is 1. The number of nitrogens with zero attached hydrogens (tertiary/aromatic N) is 2. The maximum absolute atomic E-state index is 12.4. The number of ether oxygens (including phenoxy) is 2. The molecular weight excluding hydrogens is 396 g/mol. The number of carbonyl (C=O) groups is 2. The number of amides is 1. The second kappa shape index (κ2) is 8.36. The van der Waals surface area contributed by atoms with Crippen molar-refractivity contribution >= 4 is 29.2 Å². The number of hydrogen-bond acceptors (Lipinski definition) is 6. The first-order valence-corrected chi connectivity index (χ1v) is 9.36. The number of hydrogen-bond donors (Lipinski definition) is 0. The van der Waals surface area contributed by atoms with Crippen LogP contribution in [0.4, 0.5) is 5.69 Å². The van der Waals surface area contributed by atoms with E-state index in [-0.39, 0.29) is 38.0 Å². The maximum atomic E-state index is 12.4. The zero-order valence-corrected chi connectivity index (χ0v) is 16.1. The number of para-hydroxylation sites is 2. The van der Waals surface area contributed by atoms with Crippen molar-refractivity contribution in [1.29, 1.82) is 0 Å². The fourth-order valence-electron chi connectivity index (χ4n) is 2.93. The van der Waals surface area contributed by atoms with Gasteiger partial charge < -0.3 is 13.9 Å². The van der Waals surface area contributed by atoms with Crippen molar-refractivity contribution in [3.63, 3.8) is 0 Å². The molecule has 0 saturated carbocycles. The first-order chi connectivity index (χ1) is 14.1. The molecule has 0 fully saturated rings. The summed E-state index contributed by atoms with van der Waals surface area (Å²) in [5.74, 6) is 0.594. The Hall–Kier alpha value is -3.32. The van der Waals surface area contributed by atoms with E-state index in [1.54, 1.807) is 36.5 Å². The molecule has 2 aromatic carbocycles. The minimum atomic E-state index is -0.568. The summed E-state index contributed by atoms with van der Waals surface area (Å²) in [6.07, 6.45) is 1.74. The molecule has 0 saturated heterocycles. The van der Waals surface area contributed by atoms with Gasteiger partial charge in [-0.15, -0.1) is 0 Å². The van der Waals surface area contributed by atoms with Gasteiger partial charge >= 0.3 is 5.97 Å². The van der Waals surface area contributed by atoms with Gasteiger partial charge in [0.2, 0.25) is 11.8 Å². The van der Waals surface area contributed by atoms with Crippen molar-refractivity contribution in [2.45, 2.75) is 13.0 Å². The van der Waals surface area contributed by atoms with E-state index in [1.807, 2.05) is 18.2 Å². The van der Waals surface area contributed by atoms with Gasteiger partial charge in [-0.1, -0.05) is 23.7 Å². The zero-order chi connectivity index (χ0) is 20.2. The van der Waals surface area contributed by atoms with Gasteiger partial charge in [-0.05, 0) is 36.4 Å². The number of aromatic nitrogens is 1. The predicted octanol–water partition coefficient (Wildman–Crippen LogP) is 3.85. The van der Waals surface area contributed by atoms with E-state index < -0.39 is 5.97 Å². The lowest BCUT2D eigenvalue weighted by molar-refractivity contribution is -0.144. The summed E-state index contributed by atoms with van der Waals surface area (Å²) >= 11 is 5.88. The van der Waals surface area contributed by atoms with Crippen molar-refractivity contribution in [2.24, 2.45) is 0 Å². The molecule has 2 heterocycles. The summed E-state index contributed by atoms with van der Waals surface area (Å²) in [7, 11) is 0. The minimum absolute atomic E-state index is 0.132. The maximum Gasteiger partial charge on any atom is 0.326 e. The minimum Gasteiger partial charge on any atom is -0.491 e. The molecule has 4 rings (SSSR count). The van der Waals surface area contributed by atoms with E-state index in [0.717, 1.165) is 5.56 Å². The van der Waals surface area contributed by atoms with E-state index in [4.69, 9.17) is 25.5 Å².